The fourth-order valence-corrected chi connectivity index (χ4v) is 3.22. The van der Waals surface area contributed by atoms with Gasteiger partial charge in [-0.25, -0.2) is 4.79 Å². The third-order valence-electron chi connectivity index (χ3n) is 4.91. The Balaban J connectivity index is 1.60. The molecule has 3 rings (SSSR count). The molecule has 0 unspecified atom stereocenters. The second kappa shape index (κ2) is 7.82. The van der Waals surface area contributed by atoms with Crippen LogP contribution in [-0.2, 0) is 16.1 Å². The Morgan fingerprint density at radius 3 is 2.92 bits per heavy atom. The Morgan fingerprint density at radius 1 is 1.48 bits per heavy atom. The highest BCUT2D eigenvalue weighted by Crippen LogP contribution is 2.45. The Morgan fingerprint density at radius 2 is 2.32 bits per heavy atom. The highest BCUT2D eigenvalue weighted by molar-refractivity contribution is 5.79. The number of methoxy groups -OCH3 is 1. The van der Waals surface area contributed by atoms with E-state index >= 15 is 0 Å². The summed E-state index contributed by atoms with van der Waals surface area (Å²) in [5.74, 6) is 0.0558. The molecule has 7 nitrogen and oxygen atoms in total. The number of ether oxygens (including phenoxy) is 1. The molecule has 1 aromatic rings. The van der Waals surface area contributed by atoms with Crippen LogP contribution in [0.3, 0.4) is 0 Å². The molecule has 0 spiro atoms. The smallest absolute Gasteiger partial charge is 0.317 e. The van der Waals surface area contributed by atoms with Crippen LogP contribution in [0.4, 0.5) is 4.79 Å². The van der Waals surface area contributed by atoms with E-state index in [-0.39, 0.29) is 23.4 Å². The number of amides is 3. The third-order valence-corrected chi connectivity index (χ3v) is 4.91. The Kier molecular flexibility index (Phi) is 5.53. The van der Waals surface area contributed by atoms with Gasteiger partial charge in [0.2, 0.25) is 5.91 Å². The number of hydrogen-bond donors (Lipinski definition) is 2. The lowest BCUT2D eigenvalue weighted by molar-refractivity contribution is -0.119. The number of urea groups is 1. The SMILES string of the molecule is COCC1(CNC(=O)N(Cc2ccccn2)C[C@@H]2CCC(=O)N2)CC1. The van der Waals surface area contributed by atoms with Gasteiger partial charge in [0, 0.05) is 44.3 Å². The van der Waals surface area contributed by atoms with Crippen molar-refractivity contribution < 1.29 is 14.3 Å². The number of nitrogens with zero attached hydrogens (tertiary/aromatic N) is 2. The minimum atomic E-state index is -0.116. The maximum Gasteiger partial charge on any atom is 0.317 e. The van der Waals surface area contributed by atoms with Crippen LogP contribution in [0.15, 0.2) is 24.4 Å². The second-order valence-corrected chi connectivity index (χ2v) is 7.10. The van der Waals surface area contributed by atoms with Gasteiger partial charge in [-0.05, 0) is 31.4 Å². The van der Waals surface area contributed by atoms with E-state index in [9.17, 15) is 9.59 Å². The van der Waals surface area contributed by atoms with E-state index in [1.54, 1.807) is 18.2 Å². The number of nitrogens with one attached hydrogen (secondary N) is 2. The van der Waals surface area contributed by atoms with Crippen molar-refractivity contribution in [2.24, 2.45) is 5.41 Å². The first kappa shape index (κ1) is 17.7. The number of hydrogen-bond acceptors (Lipinski definition) is 4. The number of rotatable bonds is 8. The lowest BCUT2D eigenvalue weighted by atomic mass is 10.1. The fourth-order valence-electron chi connectivity index (χ4n) is 3.22. The lowest BCUT2D eigenvalue weighted by Crippen LogP contribution is -2.47. The zero-order valence-corrected chi connectivity index (χ0v) is 14.7. The number of pyridine rings is 1. The van der Waals surface area contributed by atoms with Crippen molar-refractivity contribution in [2.75, 3.05) is 26.8 Å². The summed E-state index contributed by atoms with van der Waals surface area (Å²) in [4.78, 5) is 30.2. The topological polar surface area (TPSA) is 83.6 Å². The lowest BCUT2D eigenvalue weighted by Gasteiger charge is -2.27. The fraction of sp³-hybridized carbons (Fsp3) is 0.611. The first-order chi connectivity index (χ1) is 12.1. The van der Waals surface area contributed by atoms with E-state index in [0.717, 1.165) is 25.0 Å². The molecule has 0 bridgehead atoms. The average Bonchev–Trinajstić information content (AvgIpc) is 3.26. The highest BCUT2D eigenvalue weighted by Gasteiger charge is 2.43. The maximum absolute atomic E-state index is 12.7. The predicted octanol–water partition coefficient (Wildman–Crippen LogP) is 1.30. The minimum Gasteiger partial charge on any atom is -0.384 e. The molecule has 136 valence electrons. The first-order valence-corrected chi connectivity index (χ1v) is 8.81. The summed E-state index contributed by atoms with van der Waals surface area (Å²) in [5, 5.41) is 5.97. The van der Waals surface area contributed by atoms with Gasteiger partial charge in [0.05, 0.1) is 18.8 Å². The largest absolute Gasteiger partial charge is 0.384 e. The zero-order valence-electron chi connectivity index (χ0n) is 14.7. The van der Waals surface area contributed by atoms with Gasteiger partial charge in [0.25, 0.3) is 0 Å². The summed E-state index contributed by atoms with van der Waals surface area (Å²) in [7, 11) is 1.69. The molecule has 1 aliphatic carbocycles. The molecule has 25 heavy (non-hydrogen) atoms. The van der Waals surface area contributed by atoms with Crippen LogP contribution in [0, 0.1) is 5.41 Å². The molecular weight excluding hydrogens is 320 g/mol. The van der Waals surface area contributed by atoms with Crippen molar-refractivity contribution in [3.05, 3.63) is 30.1 Å². The summed E-state index contributed by atoms with van der Waals surface area (Å²) in [6, 6.07) is 5.56. The number of carbonyl (C=O) groups is 2. The molecule has 2 heterocycles. The van der Waals surface area contributed by atoms with E-state index < -0.39 is 0 Å². The van der Waals surface area contributed by atoms with E-state index in [1.807, 2.05) is 18.2 Å². The molecule has 1 saturated carbocycles. The van der Waals surface area contributed by atoms with Crippen LogP contribution in [0.1, 0.15) is 31.4 Å². The van der Waals surface area contributed by atoms with Crippen LogP contribution in [0.2, 0.25) is 0 Å². The number of carbonyl (C=O) groups excluding carboxylic acids is 2. The molecule has 0 aromatic carbocycles. The van der Waals surface area contributed by atoms with Gasteiger partial charge in [-0.2, -0.15) is 0 Å². The van der Waals surface area contributed by atoms with Crippen LogP contribution >= 0.6 is 0 Å². The Bertz CT molecular complexity index is 604. The van der Waals surface area contributed by atoms with Gasteiger partial charge in [-0.15, -0.1) is 0 Å². The normalized spacial score (nSPS) is 20.8. The van der Waals surface area contributed by atoms with Crippen LogP contribution < -0.4 is 10.6 Å². The first-order valence-electron chi connectivity index (χ1n) is 8.81. The summed E-state index contributed by atoms with van der Waals surface area (Å²) in [6.07, 6.45) is 5.18. The quantitative estimate of drug-likeness (QED) is 0.743. The standard InChI is InChI=1S/C18H26N4O3/c1-25-13-18(7-8-18)12-20-17(24)22(10-14-4-2-3-9-19-14)11-15-5-6-16(23)21-15/h2-4,9,15H,5-8,10-13H2,1H3,(H,20,24)(H,21,23)/t15-/m0/s1. The summed E-state index contributed by atoms with van der Waals surface area (Å²) >= 11 is 0. The molecule has 1 saturated heterocycles. The van der Waals surface area contributed by atoms with Crippen molar-refractivity contribution >= 4 is 11.9 Å². The van der Waals surface area contributed by atoms with Crippen LogP contribution in [0.25, 0.3) is 0 Å². The molecule has 2 fully saturated rings. The van der Waals surface area contributed by atoms with E-state index in [0.29, 0.717) is 32.7 Å². The highest BCUT2D eigenvalue weighted by atomic mass is 16.5. The van der Waals surface area contributed by atoms with E-state index in [2.05, 4.69) is 15.6 Å². The molecule has 1 aromatic heterocycles. The molecule has 1 atom stereocenters. The molecule has 2 N–H and O–H groups in total. The molecular formula is C18H26N4O3. The molecule has 1 aliphatic heterocycles. The van der Waals surface area contributed by atoms with Gasteiger partial charge in [-0.3, -0.25) is 9.78 Å². The zero-order chi connectivity index (χ0) is 17.7. The molecule has 2 aliphatic rings. The van der Waals surface area contributed by atoms with Crippen molar-refractivity contribution in [3.8, 4) is 0 Å². The van der Waals surface area contributed by atoms with Gasteiger partial charge in [0.15, 0.2) is 0 Å². The molecule has 7 heteroatoms. The second-order valence-electron chi connectivity index (χ2n) is 7.10. The molecule has 3 amide bonds. The van der Waals surface area contributed by atoms with Crippen molar-refractivity contribution in [3.63, 3.8) is 0 Å². The summed E-state index contributed by atoms with van der Waals surface area (Å²) < 4.78 is 5.25. The Labute approximate surface area is 148 Å². The van der Waals surface area contributed by atoms with Gasteiger partial charge in [-0.1, -0.05) is 6.07 Å². The summed E-state index contributed by atoms with van der Waals surface area (Å²) in [6.45, 7) is 2.21. The van der Waals surface area contributed by atoms with Crippen molar-refractivity contribution in [1.29, 1.82) is 0 Å². The van der Waals surface area contributed by atoms with Gasteiger partial charge < -0.3 is 20.3 Å². The predicted molar refractivity (Wildman–Crippen MR) is 92.8 cm³/mol. The van der Waals surface area contributed by atoms with E-state index in [4.69, 9.17) is 4.74 Å². The van der Waals surface area contributed by atoms with Crippen molar-refractivity contribution in [1.82, 2.24) is 20.5 Å². The van der Waals surface area contributed by atoms with Crippen LogP contribution in [-0.4, -0.2) is 54.7 Å². The third kappa shape index (κ3) is 4.92. The monoisotopic (exact) mass is 346 g/mol. The van der Waals surface area contributed by atoms with Gasteiger partial charge >= 0.3 is 6.03 Å². The maximum atomic E-state index is 12.7. The van der Waals surface area contributed by atoms with Crippen molar-refractivity contribution in [2.45, 2.75) is 38.3 Å². The average molecular weight is 346 g/mol. The molecule has 0 radical (unpaired) electrons. The van der Waals surface area contributed by atoms with Crippen LogP contribution in [0.5, 0.6) is 0 Å². The van der Waals surface area contributed by atoms with E-state index in [1.165, 1.54) is 0 Å². The minimum absolute atomic E-state index is 0.0100. The Hall–Kier alpha value is -2.15. The number of aromatic nitrogens is 1. The summed E-state index contributed by atoms with van der Waals surface area (Å²) in [5.41, 5.74) is 0.933. The van der Waals surface area contributed by atoms with Gasteiger partial charge in [0.1, 0.15) is 0 Å².